The van der Waals surface area contributed by atoms with Gasteiger partial charge in [-0.2, -0.15) is 0 Å². The van der Waals surface area contributed by atoms with Gasteiger partial charge in [0.15, 0.2) is 0 Å². The maximum Gasteiger partial charge on any atom is 0.336 e. The molecule has 0 saturated heterocycles. The molecule has 24 heavy (non-hydrogen) atoms. The number of carbonyl (C=O) groups is 2. The minimum absolute atomic E-state index is 0.000741. The molecule has 2 rings (SSSR count). The van der Waals surface area contributed by atoms with E-state index in [1.54, 1.807) is 13.8 Å². The third-order valence-electron chi connectivity index (χ3n) is 3.99. The first-order valence-corrected chi connectivity index (χ1v) is 7.18. The number of rotatable bonds is 3. The van der Waals surface area contributed by atoms with Crippen molar-refractivity contribution in [1.82, 2.24) is 0 Å². The summed E-state index contributed by atoms with van der Waals surface area (Å²) in [6, 6.07) is 2.98. The van der Waals surface area contributed by atoms with Gasteiger partial charge in [0.2, 0.25) is 0 Å². The molecule has 1 aliphatic heterocycles. The zero-order valence-corrected chi connectivity index (χ0v) is 13.7. The highest BCUT2D eigenvalue weighted by atomic mass is 19.1. The van der Waals surface area contributed by atoms with E-state index in [1.165, 1.54) is 20.3 Å². The minimum Gasteiger partial charge on any atom is -0.468 e. The smallest absolute Gasteiger partial charge is 0.336 e. The number of carbonyl (C=O) groups excluding carboxylic acids is 2. The van der Waals surface area contributed by atoms with E-state index in [2.05, 4.69) is 4.99 Å². The van der Waals surface area contributed by atoms with Crippen LogP contribution in [0.1, 0.15) is 25.3 Å². The van der Waals surface area contributed by atoms with Crippen LogP contribution in [0.5, 0.6) is 0 Å². The van der Waals surface area contributed by atoms with Crippen molar-refractivity contribution in [1.29, 1.82) is 0 Å². The van der Waals surface area contributed by atoms with Crippen LogP contribution in [0.4, 0.5) is 8.78 Å². The number of methoxy groups -OCH3 is 2. The van der Waals surface area contributed by atoms with E-state index in [9.17, 15) is 18.4 Å². The molecule has 1 aliphatic rings. The van der Waals surface area contributed by atoms with Crippen LogP contribution in [-0.4, -0.2) is 31.9 Å². The van der Waals surface area contributed by atoms with Crippen LogP contribution < -0.4 is 0 Å². The van der Waals surface area contributed by atoms with Crippen molar-refractivity contribution in [3.8, 4) is 0 Å². The molecule has 0 N–H and O–H groups in total. The fraction of sp³-hybridized carbons (Fsp3) is 0.353. The lowest BCUT2D eigenvalue weighted by Gasteiger charge is -2.31. The Bertz CT molecular complexity index is 755. The van der Waals surface area contributed by atoms with Gasteiger partial charge in [-0.05, 0) is 25.5 Å². The fourth-order valence-corrected chi connectivity index (χ4v) is 2.93. The molecule has 0 bridgehead atoms. The van der Waals surface area contributed by atoms with Gasteiger partial charge in [-0.3, -0.25) is 9.79 Å². The lowest BCUT2D eigenvalue weighted by Crippen LogP contribution is -2.36. The molecule has 7 heteroatoms. The number of esters is 2. The molecule has 0 saturated carbocycles. The second-order valence-electron chi connectivity index (χ2n) is 5.39. The second-order valence-corrected chi connectivity index (χ2v) is 5.39. The molecule has 2 atom stereocenters. The molecule has 2 unspecified atom stereocenters. The summed E-state index contributed by atoms with van der Waals surface area (Å²) in [6.45, 7) is 3.16. The summed E-state index contributed by atoms with van der Waals surface area (Å²) in [5.41, 5.74) is 0.735. The van der Waals surface area contributed by atoms with Gasteiger partial charge in [-0.1, -0.05) is 6.07 Å². The zero-order chi connectivity index (χ0) is 18.0. The number of aliphatic imine (C=N–C) groups is 1. The standard InChI is InChI=1S/C17H17F2NO4/c1-8-13(16(21)23-3)15(11-6-5-10(18)7-12(11)19)14(9(2)20-8)17(22)24-4/h5-7,13,15H,1-4H3. The highest BCUT2D eigenvalue weighted by Crippen LogP contribution is 2.41. The third-order valence-corrected chi connectivity index (χ3v) is 3.99. The van der Waals surface area contributed by atoms with E-state index in [0.717, 1.165) is 6.07 Å². The van der Waals surface area contributed by atoms with Crippen molar-refractivity contribution < 1.29 is 27.8 Å². The lowest BCUT2D eigenvalue weighted by atomic mass is 9.75. The van der Waals surface area contributed by atoms with Crippen LogP contribution in [0.2, 0.25) is 0 Å². The average Bonchev–Trinajstić information content (AvgIpc) is 2.53. The Labute approximate surface area is 138 Å². The summed E-state index contributed by atoms with van der Waals surface area (Å²) in [6.07, 6.45) is 0. The minimum atomic E-state index is -1.01. The van der Waals surface area contributed by atoms with Crippen LogP contribution in [0.25, 0.3) is 0 Å². The van der Waals surface area contributed by atoms with E-state index in [0.29, 0.717) is 17.5 Å². The molecule has 1 aromatic carbocycles. The molecule has 0 spiro atoms. The van der Waals surface area contributed by atoms with Crippen molar-refractivity contribution in [2.75, 3.05) is 14.2 Å². The molecular formula is C17H17F2NO4. The molecule has 0 fully saturated rings. The third kappa shape index (κ3) is 3.06. The van der Waals surface area contributed by atoms with Gasteiger partial charge in [0.1, 0.15) is 17.6 Å². The van der Waals surface area contributed by atoms with Gasteiger partial charge in [0.25, 0.3) is 0 Å². The Morgan fingerprint density at radius 2 is 1.79 bits per heavy atom. The Morgan fingerprint density at radius 3 is 2.33 bits per heavy atom. The largest absolute Gasteiger partial charge is 0.468 e. The highest BCUT2D eigenvalue weighted by Gasteiger charge is 2.43. The second kappa shape index (κ2) is 6.90. The Hall–Kier alpha value is -2.57. The first-order chi connectivity index (χ1) is 11.3. The summed E-state index contributed by atoms with van der Waals surface area (Å²) in [7, 11) is 2.37. The molecule has 0 aliphatic carbocycles. The SMILES string of the molecule is COC(=O)C1=C(C)N=C(C)C(C(=O)OC)C1c1ccc(F)cc1F. The number of hydrogen-bond acceptors (Lipinski definition) is 5. The number of ether oxygens (including phenoxy) is 2. The predicted molar refractivity (Wildman–Crippen MR) is 82.4 cm³/mol. The van der Waals surface area contributed by atoms with E-state index in [1.807, 2.05) is 0 Å². The van der Waals surface area contributed by atoms with E-state index >= 15 is 0 Å². The van der Waals surface area contributed by atoms with E-state index in [-0.39, 0.29) is 11.1 Å². The van der Waals surface area contributed by atoms with E-state index in [4.69, 9.17) is 9.47 Å². The number of halogens is 2. The van der Waals surface area contributed by atoms with Crippen molar-refractivity contribution >= 4 is 17.7 Å². The van der Waals surface area contributed by atoms with Crippen molar-refractivity contribution in [3.63, 3.8) is 0 Å². The number of benzene rings is 1. The van der Waals surface area contributed by atoms with Crippen LogP contribution in [0.3, 0.4) is 0 Å². The summed E-state index contributed by atoms with van der Waals surface area (Å²) in [4.78, 5) is 28.6. The summed E-state index contributed by atoms with van der Waals surface area (Å²) in [5.74, 6) is -5.04. The van der Waals surface area contributed by atoms with Crippen LogP contribution in [0.15, 0.2) is 34.5 Å². The molecular weight excluding hydrogens is 320 g/mol. The first kappa shape index (κ1) is 17.8. The Kier molecular flexibility index (Phi) is 5.11. The Balaban J connectivity index is 2.72. The normalized spacial score (nSPS) is 20.5. The molecule has 128 valence electrons. The van der Waals surface area contributed by atoms with Crippen LogP contribution in [-0.2, 0) is 19.1 Å². The number of nitrogens with zero attached hydrogens (tertiary/aromatic N) is 1. The van der Waals surface area contributed by atoms with Gasteiger partial charge >= 0.3 is 11.9 Å². The van der Waals surface area contributed by atoms with Crippen molar-refractivity contribution in [3.05, 3.63) is 46.7 Å². The molecule has 0 aromatic heterocycles. The molecule has 5 nitrogen and oxygen atoms in total. The summed E-state index contributed by atoms with van der Waals surface area (Å²) < 4.78 is 37.2. The zero-order valence-electron chi connectivity index (χ0n) is 13.7. The fourth-order valence-electron chi connectivity index (χ4n) is 2.93. The molecule has 0 amide bonds. The molecule has 1 aromatic rings. The van der Waals surface area contributed by atoms with Gasteiger partial charge in [0, 0.05) is 23.4 Å². The summed E-state index contributed by atoms with van der Waals surface area (Å²) in [5, 5.41) is 0. The van der Waals surface area contributed by atoms with Gasteiger partial charge in [-0.15, -0.1) is 0 Å². The van der Waals surface area contributed by atoms with Gasteiger partial charge in [0.05, 0.1) is 19.8 Å². The first-order valence-electron chi connectivity index (χ1n) is 7.18. The maximum absolute atomic E-state index is 14.4. The number of hydrogen-bond donors (Lipinski definition) is 0. The maximum atomic E-state index is 14.4. The highest BCUT2D eigenvalue weighted by molar-refractivity contribution is 6.06. The Morgan fingerprint density at radius 1 is 1.12 bits per heavy atom. The average molecular weight is 337 g/mol. The van der Waals surface area contributed by atoms with Crippen LogP contribution in [0, 0.1) is 17.6 Å². The summed E-state index contributed by atoms with van der Waals surface area (Å²) >= 11 is 0. The van der Waals surface area contributed by atoms with Crippen LogP contribution >= 0.6 is 0 Å². The molecule has 1 heterocycles. The lowest BCUT2D eigenvalue weighted by molar-refractivity contribution is -0.143. The van der Waals surface area contributed by atoms with Gasteiger partial charge < -0.3 is 9.47 Å². The number of allylic oxidation sites excluding steroid dienone is 1. The molecule has 0 radical (unpaired) electrons. The topological polar surface area (TPSA) is 65.0 Å². The van der Waals surface area contributed by atoms with Crippen molar-refractivity contribution in [2.45, 2.75) is 19.8 Å². The van der Waals surface area contributed by atoms with Crippen molar-refractivity contribution in [2.24, 2.45) is 10.9 Å². The monoisotopic (exact) mass is 337 g/mol. The quantitative estimate of drug-likeness (QED) is 0.796. The predicted octanol–water partition coefficient (Wildman–Crippen LogP) is 2.76. The van der Waals surface area contributed by atoms with E-state index < -0.39 is 35.4 Å². The van der Waals surface area contributed by atoms with Gasteiger partial charge in [-0.25, -0.2) is 13.6 Å².